The molecular weight excluding hydrogens is 636 g/mol. The molecule has 2 heterocycles. The van der Waals surface area contributed by atoms with Crippen LogP contribution in [0.4, 0.5) is 0 Å². The van der Waals surface area contributed by atoms with E-state index in [-0.39, 0.29) is 31.0 Å². The minimum atomic E-state index is -0.785. The van der Waals surface area contributed by atoms with Gasteiger partial charge in [-0.2, -0.15) is 0 Å². The van der Waals surface area contributed by atoms with Gasteiger partial charge in [-0.25, -0.2) is 14.6 Å². The van der Waals surface area contributed by atoms with Gasteiger partial charge >= 0.3 is 11.9 Å². The number of benzene rings is 3. The molecule has 5 rings (SSSR count). The first-order valence-electron chi connectivity index (χ1n) is 13.6. The molecule has 0 radical (unpaired) electrons. The van der Waals surface area contributed by atoms with Crippen LogP contribution in [-0.2, 0) is 19.1 Å². The molecule has 0 aliphatic carbocycles. The Bertz CT molecular complexity index is 1940. The van der Waals surface area contributed by atoms with Crippen molar-refractivity contribution in [2.75, 3.05) is 26.9 Å². The van der Waals surface area contributed by atoms with Gasteiger partial charge in [0.25, 0.3) is 5.56 Å². The lowest BCUT2D eigenvalue weighted by Gasteiger charge is -2.25. The van der Waals surface area contributed by atoms with E-state index in [1.807, 2.05) is 42.5 Å². The highest BCUT2D eigenvalue weighted by Gasteiger charge is 2.33. The quantitative estimate of drug-likeness (QED) is 0.240. The molecule has 222 valence electrons. The molecular formula is C32H29BrN2O7S. The summed E-state index contributed by atoms with van der Waals surface area (Å²) in [6.45, 7) is 5.34. The van der Waals surface area contributed by atoms with Crippen LogP contribution in [0.25, 0.3) is 16.8 Å². The summed E-state index contributed by atoms with van der Waals surface area (Å²) in [5.41, 5.74) is 1.73. The average Bonchev–Trinajstić information content (AvgIpc) is 3.30. The van der Waals surface area contributed by atoms with E-state index in [1.54, 1.807) is 46.1 Å². The summed E-state index contributed by atoms with van der Waals surface area (Å²) in [7, 11) is 1.56. The highest BCUT2D eigenvalue weighted by Crippen LogP contribution is 2.35. The molecule has 0 bridgehead atoms. The maximum Gasteiger partial charge on any atom is 0.344 e. The Hall–Kier alpha value is -4.22. The van der Waals surface area contributed by atoms with Crippen LogP contribution in [-0.4, -0.2) is 43.4 Å². The van der Waals surface area contributed by atoms with Crippen molar-refractivity contribution in [2.45, 2.75) is 26.8 Å². The second-order valence-electron chi connectivity index (χ2n) is 9.49. The van der Waals surface area contributed by atoms with Gasteiger partial charge in [0.1, 0.15) is 11.5 Å². The highest BCUT2D eigenvalue weighted by molar-refractivity contribution is 9.10. The zero-order chi connectivity index (χ0) is 30.7. The molecule has 1 atom stereocenters. The van der Waals surface area contributed by atoms with Crippen molar-refractivity contribution in [3.8, 4) is 11.5 Å². The first-order chi connectivity index (χ1) is 20.8. The summed E-state index contributed by atoms with van der Waals surface area (Å²) < 4.78 is 24.3. The third-order valence-corrected chi connectivity index (χ3v) is 8.47. The standard InChI is InChI=1S/C32H29BrN2O7S/c1-5-40-27(36)17-42-24-13-11-19-9-7-8-10-21(19)22(24)16-26-30(37)35-29(20-12-14-25(39-4)23(33)15-20)28(31(38)41-6-2)18(3)34-32(35)43-26/h7-16,29H,5-6,17H2,1-4H3. The molecule has 1 unspecified atom stereocenters. The van der Waals surface area contributed by atoms with Crippen LogP contribution in [0.5, 0.6) is 11.5 Å². The van der Waals surface area contributed by atoms with E-state index in [9.17, 15) is 14.4 Å². The van der Waals surface area contributed by atoms with Gasteiger partial charge in [-0.05, 0) is 77.3 Å². The van der Waals surface area contributed by atoms with Gasteiger partial charge in [0.2, 0.25) is 0 Å². The number of carbonyl (C=O) groups excluding carboxylic acids is 2. The largest absolute Gasteiger partial charge is 0.496 e. The Morgan fingerprint density at radius 2 is 1.79 bits per heavy atom. The number of rotatable bonds is 9. The number of methoxy groups -OCH3 is 1. The number of hydrogen-bond acceptors (Lipinski definition) is 9. The first kappa shape index (κ1) is 30.2. The van der Waals surface area contributed by atoms with Gasteiger partial charge in [-0.3, -0.25) is 9.36 Å². The van der Waals surface area contributed by atoms with Crippen LogP contribution in [0.15, 0.2) is 80.1 Å². The number of fused-ring (bicyclic) bond motifs is 2. The molecule has 0 saturated carbocycles. The number of ether oxygens (including phenoxy) is 4. The zero-order valence-electron chi connectivity index (χ0n) is 24.0. The molecule has 0 amide bonds. The monoisotopic (exact) mass is 664 g/mol. The van der Waals surface area contributed by atoms with Gasteiger partial charge in [-0.1, -0.05) is 47.7 Å². The Balaban J connectivity index is 1.72. The maximum atomic E-state index is 14.2. The Morgan fingerprint density at radius 1 is 1.05 bits per heavy atom. The second-order valence-corrected chi connectivity index (χ2v) is 11.4. The summed E-state index contributed by atoms with van der Waals surface area (Å²) in [6.07, 6.45) is 1.75. The molecule has 1 aliphatic rings. The van der Waals surface area contributed by atoms with Crippen LogP contribution in [0, 0.1) is 0 Å². The normalized spacial score (nSPS) is 14.7. The van der Waals surface area contributed by atoms with E-state index in [0.29, 0.717) is 42.1 Å². The van der Waals surface area contributed by atoms with Crippen LogP contribution >= 0.6 is 27.3 Å². The van der Waals surface area contributed by atoms with Gasteiger partial charge in [-0.15, -0.1) is 0 Å². The number of hydrogen-bond donors (Lipinski definition) is 0. The molecule has 0 spiro atoms. The molecule has 11 heteroatoms. The lowest BCUT2D eigenvalue weighted by molar-refractivity contribution is -0.145. The number of nitrogens with zero attached hydrogens (tertiary/aromatic N) is 2. The van der Waals surface area contributed by atoms with Crippen molar-refractivity contribution >= 4 is 56.1 Å². The van der Waals surface area contributed by atoms with E-state index in [4.69, 9.17) is 18.9 Å². The van der Waals surface area contributed by atoms with Gasteiger partial charge in [0.05, 0.1) is 46.6 Å². The van der Waals surface area contributed by atoms with Crippen molar-refractivity contribution in [3.63, 3.8) is 0 Å². The first-order valence-corrected chi connectivity index (χ1v) is 15.2. The fourth-order valence-corrected chi connectivity index (χ4v) is 6.57. The Kier molecular flexibility index (Phi) is 9.12. The van der Waals surface area contributed by atoms with Crippen molar-refractivity contribution < 1.29 is 28.5 Å². The van der Waals surface area contributed by atoms with Crippen molar-refractivity contribution in [1.82, 2.24) is 4.57 Å². The number of aromatic nitrogens is 1. The van der Waals surface area contributed by atoms with E-state index in [0.717, 1.165) is 10.8 Å². The Morgan fingerprint density at radius 3 is 2.51 bits per heavy atom. The Labute approximate surface area is 259 Å². The summed E-state index contributed by atoms with van der Waals surface area (Å²) >= 11 is 4.74. The third-order valence-electron chi connectivity index (χ3n) is 6.87. The predicted octanol–water partition coefficient (Wildman–Crippen LogP) is 4.66. The number of carbonyl (C=O) groups is 2. The lowest BCUT2D eigenvalue weighted by atomic mass is 9.96. The molecule has 9 nitrogen and oxygen atoms in total. The van der Waals surface area contributed by atoms with Crippen molar-refractivity contribution in [1.29, 1.82) is 0 Å². The molecule has 0 N–H and O–H groups in total. The summed E-state index contributed by atoms with van der Waals surface area (Å²) in [6, 6.07) is 16.0. The van der Waals surface area contributed by atoms with E-state index >= 15 is 0 Å². The van der Waals surface area contributed by atoms with Crippen LogP contribution in [0.1, 0.15) is 37.9 Å². The van der Waals surface area contributed by atoms with Crippen LogP contribution < -0.4 is 24.4 Å². The molecule has 0 fully saturated rings. The minimum absolute atomic E-state index is 0.175. The summed E-state index contributed by atoms with van der Waals surface area (Å²) in [5, 5.41) is 1.78. The van der Waals surface area contributed by atoms with Crippen molar-refractivity contribution in [3.05, 3.63) is 101 Å². The highest BCUT2D eigenvalue weighted by atomic mass is 79.9. The topological polar surface area (TPSA) is 105 Å². The molecule has 4 aromatic rings. The smallest absolute Gasteiger partial charge is 0.344 e. The summed E-state index contributed by atoms with van der Waals surface area (Å²) in [4.78, 5) is 44.6. The molecule has 3 aromatic carbocycles. The van der Waals surface area contributed by atoms with E-state index in [2.05, 4.69) is 20.9 Å². The molecule has 43 heavy (non-hydrogen) atoms. The predicted molar refractivity (Wildman–Crippen MR) is 167 cm³/mol. The number of thiazole rings is 1. The zero-order valence-corrected chi connectivity index (χ0v) is 26.4. The average molecular weight is 666 g/mol. The third kappa shape index (κ3) is 6.00. The maximum absolute atomic E-state index is 14.2. The number of halogens is 1. The van der Waals surface area contributed by atoms with Gasteiger partial charge < -0.3 is 18.9 Å². The number of esters is 2. The van der Waals surface area contributed by atoms with E-state index < -0.39 is 18.0 Å². The second kappa shape index (κ2) is 13.0. The molecule has 1 aromatic heterocycles. The fraction of sp³-hybridized carbons (Fsp3) is 0.250. The van der Waals surface area contributed by atoms with Crippen molar-refractivity contribution in [2.24, 2.45) is 4.99 Å². The fourth-order valence-electron chi connectivity index (χ4n) is 4.98. The molecule has 1 aliphatic heterocycles. The SMILES string of the molecule is CCOC(=O)COc1ccc2ccccc2c1C=c1sc2n(c1=O)C(c1ccc(OC)c(Br)c1)C(C(=O)OCC)=C(C)N=2. The van der Waals surface area contributed by atoms with Crippen LogP contribution in [0.2, 0.25) is 0 Å². The summed E-state index contributed by atoms with van der Waals surface area (Å²) in [5.74, 6) is 0.00439. The lowest BCUT2D eigenvalue weighted by Crippen LogP contribution is -2.40. The van der Waals surface area contributed by atoms with Gasteiger partial charge in [0.15, 0.2) is 11.4 Å². The number of allylic oxidation sites excluding steroid dienone is 1. The molecule has 0 saturated heterocycles. The van der Waals surface area contributed by atoms with E-state index in [1.165, 1.54) is 15.9 Å². The minimum Gasteiger partial charge on any atom is -0.496 e. The van der Waals surface area contributed by atoms with Gasteiger partial charge in [0, 0.05) is 5.56 Å². The van der Waals surface area contributed by atoms with Crippen LogP contribution in [0.3, 0.4) is 0 Å².